The fourth-order valence-electron chi connectivity index (χ4n) is 11.7. The molecule has 12 N–H and O–H groups in total. The molecule has 1 unspecified atom stereocenters. The Morgan fingerprint density at radius 2 is 0.908 bits per heavy atom. The number of carbonyl (C=O) groups is 3. The SMILES string of the molecule is CC(C)(C)OC(=O)N1CCN(c2ccncc2N)CC1.CC(C)(C)OC(=O)NC1CCN(c2ccncc2N)CC1.CC(C)(C)OC(=O)NCC1CN(c2ccncc2N)CCO1.CC1(N2CCN(c3ccncc3N)CC2)COC1.COCCN1CCN(c2ccncc2N)CC1. The predicted molar refractivity (Wildman–Crippen MR) is 388 cm³/mol. The Morgan fingerprint density at radius 3 is 1.30 bits per heavy atom. The van der Waals surface area contributed by atoms with E-state index in [4.69, 9.17) is 57.1 Å². The summed E-state index contributed by atoms with van der Waals surface area (Å²) in [6.45, 7) is 37.7. The highest BCUT2D eigenvalue weighted by atomic mass is 16.6. The van der Waals surface area contributed by atoms with Gasteiger partial charge in [-0.25, -0.2) is 14.4 Å². The van der Waals surface area contributed by atoms with Crippen LogP contribution in [0, 0.1) is 0 Å². The van der Waals surface area contributed by atoms with Gasteiger partial charge in [0.25, 0.3) is 0 Å². The van der Waals surface area contributed by atoms with Gasteiger partial charge in [-0.05, 0) is 112 Å². The second-order valence-electron chi connectivity index (χ2n) is 28.1. The average molecular weight is 1360 g/mol. The molecule has 11 heterocycles. The van der Waals surface area contributed by atoms with Gasteiger partial charge in [-0.1, -0.05) is 0 Å². The Bertz CT molecular complexity index is 3240. The maximum atomic E-state index is 12.0. The lowest BCUT2D eigenvalue weighted by atomic mass is 9.97. The van der Waals surface area contributed by atoms with Crippen LogP contribution < -0.4 is 63.8 Å². The van der Waals surface area contributed by atoms with Crippen LogP contribution in [0.5, 0.6) is 0 Å². The molecular weight excluding hydrogens is 1250 g/mol. The minimum absolute atomic E-state index is 0.103. The molecule has 29 nitrogen and oxygen atoms in total. The molecule has 6 saturated heterocycles. The predicted octanol–water partition coefficient (Wildman–Crippen LogP) is 6.28. The Hall–Kier alpha value is -8.64. The number of carbonyl (C=O) groups excluding carboxylic acids is 3. The topological polar surface area (TPSA) is 351 Å². The van der Waals surface area contributed by atoms with Gasteiger partial charge in [-0.2, -0.15) is 0 Å². The maximum Gasteiger partial charge on any atom is 0.410 e. The summed E-state index contributed by atoms with van der Waals surface area (Å²) in [5.41, 5.74) is 37.2. The van der Waals surface area contributed by atoms with Crippen molar-refractivity contribution in [3.63, 3.8) is 0 Å². The molecule has 0 saturated carbocycles. The molecule has 0 radical (unpaired) electrons. The van der Waals surface area contributed by atoms with E-state index in [0.29, 0.717) is 49.8 Å². The number of morpholine rings is 1. The number of anilines is 10. The number of nitrogen functional groups attached to an aromatic ring is 5. The lowest BCUT2D eigenvalue weighted by molar-refractivity contribution is -0.131. The normalized spacial score (nSPS) is 18.5. The smallest absolute Gasteiger partial charge is 0.410 e. The number of piperazine rings is 3. The second-order valence-corrected chi connectivity index (χ2v) is 28.1. The molecule has 6 fully saturated rings. The molecule has 0 spiro atoms. The van der Waals surface area contributed by atoms with Crippen molar-refractivity contribution in [2.24, 2.45) is 0 Å². The summed E-state index contributed by atoms with van der Waals surface area (Å²) in [5.74, 6) is 0. The molecule has 6 aliphatic rings. The summed E-state index contributed by atoms with van der Waals surface area (Å²) in [5, 5.41) is 5.67. The quantitative estimate of drug-likeness (QED) is 0.0676. The van der Waals surface area contributed by atoms with Gasteiger partial charge >= 0.3 is 18.3 Å². The molecule has 6 aliphatic heterocycles. The molecule has 0 aromatic carbocycles. The van der Waals surface area contributed by atoms with E-state index in [1.54, 1.807) is 74.0 Å². The van der Waals surface area contributed by atoms with E-state index >= 15 is 0 Å². The van der Waals surface area contributed by atoms with Crippen molar-refractivity contribution in [2.45, 2.75) is 117 Å². The molecule has 29 heteroatoms. The number of piperidine rings is 1. The van der Waals surface area contributed by atoms with Crippen molar-refractivity contribution in [1.82, 2.24) is 50.3 Å². The summed E-state index contributed by atoms with van der Waals surface area (Å²) in [7, 11) is 1.74. The van der Waals surface area contributed by atoms with Crippen LogP contribution >= 0.6 is 0 Å². The van der Waals surface area contributed by atoms with Gasteiger partial charge in [-0.3, -0.25) is 34.7 Å². The van der Waals surface area contributed by atoms with E-state index in [1.807, 2.05) is 92.6 Å². The number of hydrogen-bond donors (Lipinski definition) is 7. The van der Waals surface area contributed by atoms with Gasteiger partial charge in [0.2, 0.25) is 0 Å². The van der Waals surface area contributed by atoms with Crippen LogP contribution in [0.25, 0.3) is 0 Å². The van der Waals surface area contributed by atoms with Crippen LogP contribution in [-0.4, -0.2) is 244 Å². The molecule has 11 rings (SSSR count). The van der Waals surface area contributed by atoms with Crippen LogP contribution in [0.15, 0.2) is 92.3 Å². The molecule has 5 aromatic rings. The van der Waals surface area contributed by atoms with Crippen LogP contribution in [0.3, 0.4) is 0 Å². The molecule has 98 heavy (non-hydrogen) atoms. The Kier molecular flexibility index (Phi) is 28.4. The van der Waals surface area contributed by atoms with Gasteiger partial charge < -0.3 is 97.1 Å². The highest BCUT2D eigenvalue weighted by Gasteiger charge is 2.41. The Morgan fingerprint density at radius 1 is 0.520 bits per heavy atom. The molecule has 5 aromatic heterocycles. The number of aromatic nitrogens is 5. The first-order valence-electron chi connectivity index (χ1n) is 33.9. The van der Waals surface area contributed by atoms with Crippen molar-refractivity contribution in [1.29, 1.82) is 0 Å². The van der Waals surface area contributed by atoms with Gasteiger partial charge in [0.15, 0.2) is 0 Å². The van der Waals surface area contributed by atoms with Gasteiger partial charge in [-0.15, -0.1) is 0 Å². The standard InChI is InChI=1S/C15H24N4O3.C15H24N4O2.C14H22N4O2.C13H20N4O.C12H20N4O/c1-15(2,3)22-14(20)18-8-11-10-19(6-7-21-11)13-4-5-17-9-12(13)16;1-15(2,3)21-14(20)18-11-5-8-19(9-6-11)13-4-7-17-10-12(13)16;1-14(2,3)20-13(19)18-8-6-17(7-9-18)12-4-5-16-10-11(12)15;1-13(9-18-10-13)17-6-4-16(5-7-17)12-2-3-15-8-11(12)14;1-17-9-8-15-4-6-16(7-5-15)12-2-3-14-10-11(12)13/h4-5,9,11H,6-8,10,16H2,1-3H3,(H,18,20);4,7,10-11H,5-6,8-9,16H2,1-3H3,(H,18,20);4-5,10H,6-9,15H2,1-3H3;2-3,8H,4-7,9-10,14H2,1H3;2-3,10H,4-9,13H2,1H3. The second kappa shape index (κ2) is 36.3. The molecule has 0 bridgehead atoms. The van der Waals surface area contributed by atoms with Crippen LogP contribution in [-0.2, 0) is 28.4 Å². The summed E-state index contributed by atoms with van der Waals surface area (Å²) >= 11 is 0. The largest absolute Gasteiger partial charge is 0.444 e. The van der Waals surface area contributed by atoms with E-state index in [0.717, 1.165) is 164 Å². The third-order valence-corrected chi connectivity index (χ3v) is 16.9. The minimum Gasteiger partial charge on any atom is -0.444 e. The van der Waals surface area contributed by atoms with Crippen molar-refractivity contribution < 1.29 is 42.8 Å². The number of amides is 3. The fourth-order valence-corrected chi connectivity index (χ4v) is 11.7. The maximum absolute atomic E-state index is 12.0. The van der Waals surface area contributed by atoms with Crippen molar-refractivity contribution >= 4 is 75.2 Å². The number of alkyl carbamates (subject to hydrolysis) is 2. The first-order chi connectivity index (χ1) is 46.6. The highest BCUT2D eigenvalue weighted by molar-refractivity contribution is 5.72. The van der Waals surface area contributed by atoms with Crippen LogP contribution in [0.2, 0.25) is 0 Å². The zero-order chi connectivity index (χ0) is 71.0. The number of pyridine rings is 5. The monoisotopic (exact) mass is 1360 g/mol. The third-order valence-electron chi connectivity index (χ3n) is 16.9. The first kappa shape index (κ1) is 76.7. The van der Waals surface area contributed by atoms with E-state index in [9.17, 15) is 14.4 Å². The number of rotatable bonds is 12. The molecule has 540 valence electrons. The van der Waals surface area contributed by atoms with E-state index < -0.39 is 22.9 Å². The van der Waals surface area contributed by atoms with Gasteiger partial charge in [0.05, 0.1) is 126 Å². The lowest BCUT2D eigenvalue weighted by Gasteiger charge is -2.50. The number of methoxy groups -OCH3 is 1. The average Bonchev–Trinajstić information content (AvgIpc) is 0.801. The number of nitrogens with zero attached hydrogens (tertiary/aromatic N) is 13. The molecule has 0 aliphatic carbocycles. The minimum atomic E-state index is -0.505. The molecule has 1 atom stereocenters. The zero-order valence-corrected chi connectivity index (χ0v) is 59.7. The highest BCUT2D eigenvalue weighted by Crippen LogP contribution is 2.31. The van der Waals surface area contributed by atoms with E-state index in [-0.39, 0.29) is 29.9 Å². The van der Waals surface area contributed by atoms with Crippen molar-refractivity contribution in [3.05, 3.63) is 92.3 Å². The number of hydrogen-bond acceptors (Lipinski definition) is 26. The summed E-state index contributed by atoms with van der Waals surface area (Å²) in [6.07, 6.45) is 17.8. The van der Waals surface area contributed by atoms with Crippen molar-refractivity contribution in [2.75, 3.05) is 205 Å². The van der Waals surface area contributed by atoms with E-state index in [2.05, 4.69) is 76.8 Å². The summed E-state index contributed by atoms with van der Waals surface area (Å²) < 4.78 is 32.0. The molecule has 3 amide bonds. The number of ether oxygens (including phenoxy) is 6. The van der Waals surface area contributed by atoms with Gasteiger partial charge in [0.1, 0.15) is 16.8 Å². The number of nitrogens with one attached hydrogen (secondary N) is 2. The Balaban J connectivity index is 0.000000173. The number of nitrogens with two attached hydrogens (primary N) is 5. The Labute approximate surface area is 579 Å². The fraction of sp³-hybridized carbons (Fsp3) is 0.594. The van der Waals surface area contributed by atoms with Crippen LogP contribution in [0.1, 0.15) is 82.1 Å². The molecular formula is C69H110N20O9. The summed E-state index contributed by atoms with van der Waals surface area (Å²) in [4.78, 5) is 73.3. The van der Waals surface area contributed by atoms with Crippen LogP contribution in [0.4, 0.5) is 71.3 Å². The zero-order valence-electron chi connectivity index (χ0n) is 59.7. The lowest BCUT2D eigenvalue weighted by Crippen LogP contribution is -2.64. The van der Waals surface area contributed by atoms with Crippen molar-refractivity contribution in [3.8, 4) is 0 Å². The van der Waals surface area contributed by atoms with E-state index in [1.165, 1.54) is 0 Å². The third kappa shape index (κ3) is 24.7. The summed E-state index contributed by atoms with van der Waals surface area (Å²) in [6, 6.07) is 9.85. The van der Waals surface area contributed by atoms with Gasteiger partial charge in [0, 0.05) is 162 Å². The first-order valence-corrected chi connectivity index (χ1v) is 33.9.